The Labute approximate surface area is 129 Å². The number of amides is 1. The van der Waals surface area contributed by atoms with Gasteiger partial charge in [-0.2, -0.15) is 0 Å². The third kappa shape index (κ3) is 7.67. The molecule has 1 aliphatic rings. The van der Waals surface area contributed by atoms with Gasteiger partial charge in [-0.1, -0.05) is 0 Å². The third-order valence-corrected chi connectivity index (χ3v) is 3.56. The molecule has 0 bridgehead atoms. The van der Waals surface area contributed by atoms with Crippen molar-refractivity contribution in [2.75, 3.05) is 26.2 Å². The van der Waals surface area contributed by atoms with E-state index in [0.29, 0.717) is 18.7 Å². The van der Waals surface area contributed by atoms with Gasteiger partial charge in [-0.05, 0) is 60.4 Å². The molecule has 2 atom stereocenters. The van der Waals surface area contributed by atoms with Gasteiger partial charge in [-0.25, -0.2) is 4.79 Å². The monoisotopic (exact) mass is 300 g/mol. The summed E-state index contributed by atoms with van der Waals surface area (Å²) in [7, 11) is 0. The summed E-state index contributed by atoms with van der Waals surface area (Å²) in [4.78, 5) is 13.8. The fourth-order valence-electron chi connectivity index (χ4n) is 2.46. The number of hydrogen-bond donors (Lipinski definition) is 1. The number of carbonyl (C=O) groups excluding carboxylic acids is 1. The van der Waals surface area contributed by atoms with E-state index in [0.717, 1.165) is 39.0 Å². The van der Waals surface area contributed by atoms with Crippen molar-refractivity contribution in [1.29, 1.82) is 0 Å². The van der Waals surface area contributed by atoms with Crippen LogP contribution in [0.3, 0.4) is 0 Å². The van der Waals surface area contributed by atoms with Crippen molar-refractivity contribution in [3.63, 3.8) is 0 Å². The summed E-state index contributed by atoms with van der Waals surface area (Å²) in [6.45, 7) is 13.0. The maximum absolute atomic E-state index is 12.0. The van der Waals surface area contributed by atoms with Crippen LogP contribution in [0, 0.1) is 0 Å². The smallest absolute Gasteiger partial charge is 0.410 e. The van der Waals surface area contributed by atoms with Gasteiger partial charge in [-0.15, -0.1) is 0 Å². The molecule has 1 N–H and O–H groups in total. The van der Waals surface area contributed by atoms with E-state index in [1.807, 2.05) is 27.7 Å². The van der Waals surface area contributed by atoms with E-state index in [1.54, 1.807) is 4.90 Å². The molecule has 0 spiro atoms. The molecule has 1 aliphatic heterocycles. The molecule has 5 heteroatoms. The quantitative estimate of drug-likeness (QED) is 0.766. The first-order valence-electron chi connectivity index (χ1n) is 8.14. The highest BCUT2D eigenvalue weighted by Crippen LogP contribution is 2.13. The van der Waals surface area contributed by atoms with Gasteiger partial charge >= 0.3 is 6.09 Å². The summed E-state index contributed by atoms with van der Waals surface area (Å²) < 4.78 is 10.9. The molecule has 1 fully saturated rings. The summed E-state index contributed by atoms with van der Waals surface area (Å²) in [6, 6.07) is 0.547. The number of rotatable bonds is 6. The Kier molecular flexibility index (Phi) is 7.46. The summed E-state index contributed by atoms with van der Waals surface area (Å²) >= 11 is 0. The molecule has 1 heterocycles. The van der Waals surface area contributed by atoms with Crippen molar-refractivity contribution < 1.29 is 14.3 Å². The highest BCUT2D eigenvalue weighted by molar-refractivity contribution is 5.68. The molecule has 1 saturated heterocycles. The molecule has 0 aromatic carbocycles. The van der Waals surface area contributed by atoms with Gasteiger partial charge in [0.25, 0.3) is 0 Å². The van der Waals surface area contributed by atoms with E-state index in [1.165, 1.54) is 0 Å². The maximum atomic E-state index is 12.0. The number of ether oxygens (including phenoxy) is 2. The standard InChI is InChI=1S/C16H32N2O3/c1-6-18(15(19)21-16(3,4)5)10-7-9-17-14-8-11-20-13(2)12-14/h13-14,17H,6-12H2,1-5H3. The second-order valence-electron chi connectivity index (χ2n) is 6.77. The normalized spacial score (nSPS) is 22.9. The Morgan fingerprint density at radius 2 is 2.14 bits per heavy atom. The van der Waals surface area contributed by atoms with Gasteiger partial charge in [0.05, 0.1) is 6.10 Å². The van der Waals surface area contributed by atoms with Crippen molar-refractivity contribution in [3.05, 3.63) is 0 Å². The Morgan fingerprint density at radius 3 is 2.71 bits per heavy atom. The lowest BCUT2D eigenvalue weighted by Crippen LogP contribution is -2.40. The second-order valence-corrected chi connectivity index (χ2v) is 6.77. The van der Waals surface area contributed by atoms with Gasteiger partial charge < -0.3 is 19.7 Å². The van der Waals surface area contributed by atoms with Crippen LogP contribution in [0.5, 0.6) is 0 Å². The molecule has 124 valence electrons. The van der Waals surface area contributed by atoms with Crippen LogP contribution in [0.25, 0.3) is 0 Å². The summed E-state index contributed by atoms with van der Waals surface area (Å²) in [5.74, 6) is 0. The Hall–Kier alpha value is -0.810. The lowest BCUT2D eigenvalue weighted by Gasteiger charge is -2.29. The van der Waals surface area contributed by atoms with E-state index in [4.69, 9.17) is 9.47 Å². The van der Waals surface area contributed by atoms with Crippen molar-refractivity contribution in [3.8, 4) is 0 Å². The average molecular weight is 300 g/mol. The Morgan fingerprint density at radius 1 is 1.43 bits per heavy atom. The Bertz CT molecular complexity index is 315. The van der Waals surface area contributed by atoms with Crippen LogP contribution in [0.4, 0.5) is 4.79 Å². The maximum Gasteiger partial charge on any atom is 0.410 e. The number of nitrogens with one attached hydrogen (secondary N) is 1. The van der Waals surface area contributed by atoms with Crippen molar-refractivity contribution in [1.82, 2.24) is 10.2 Å². The van der Waals surface area contributed by atoms with E-state index >= 15 is 0 Å². The lowest BCUT2D eigenvalue weighted by molar-refractivity contribution is 0.0130. The fourth-order valence-corrected chi connectivity index (χ4v) is 2.46. The lowest BCUT2D eigenvalue weighted by atomic mass is 10.0. The number of nitrogens with zero attached hydrogens (tertiary/aromatic N) is 1. The molecule has 1 rings (SSSR count). The van der Waals surface area contributed by atoms with Crippen LogP contribution >= 0.6 is 0 Å². The zero-order chi connectivity index (χ0) is 15.9. The molecule has 1 amide bonds. The summed E-state index contributed by atoms with van der Waals surface area (Å²) in [6.07, 6.45) is 3.23. The minimum atomic E-state index is -0.430. The molecule has 0 saturated carbocycles. The molecule has 5 nitrogen and oxygen atoms in total. The highest BCUT2D eigenvalue weighted by Gasteiger charge is 2.21. The topological polar surface area (TPSA) is 50.8 Å². The zero-order valence-corrected chi connectivity index (χ0v) is 14.3. The van der Waals surface area contributed by atoms with Crippen molar-refractivity contribution >= 4 is 6.09 Å². The highest BCUT2D eigenvalue weighted by atomic mass is 16.6. The molecular weight excluding hydrogens is 268 g/mol. The van der Waals surface area contributed by atoms with E-state index < -0.39 is 5.60 Å². The molecule has 0 radical (unpaired) electrons. The largest absolute Gasteiger partial charge is 0.444 e. The van der Waals surface area contributed by atoms with Crippen LogP contribution < -0.4 is 5.32 Å². The van der Waals surface area contributed by atoms with Gasteiger partial charge in [0, 0.05) is 25.7 Å². The van der Waals surface area contributed by atoms with Gasteiger partial charge in [-0.3, -0.25) is 0 Å². The fraction of sp³-hybridized carbons (Fsp3) is 0.938. The van der Waals surface area contributed by atoms with Crippen LogP contribution in [0.1, 0.15) is 53.9 Å². The molecule has 21 heavy (non-hydrogen) atoms. The second kappa shape index (κ2) is 8.59. The van der Waals surface area contributed by atoms with Gasteiger partial charge in [0.2, 0.25) is 0 Å². The van der Waals surface area contributed by atoms with Gasteiger partial charge in [0.15, 0.2) is 0 Å². The first-order chi connectivity index (χ1) is 9.81. The number of hydrogen-bond acceptors (Lipinski definition) is 4. The molecule has 0 aromatic heterocycles. The van der Waals surface area contributed by atoms with Crippen molar-refractivity contribution in [2.45, 2.75) is 71.6 Å². The van der Waals surface area contributed by atoms with Gasteiger partial charge in [0.1, 0.15) is 5.60 Å². The predicted octanol–water partition coefficient (Wildman–Crippen LogP) is 2.79. The minimum absolute atomic E-state index is 0.218. The third-order valence-electron chi connectivity index (χ3n) is 3.56. The summed E-state index contributed by atoms with van der Waals surface area (Å²) in [5.41, 5.74) is -0.430. The molecule has 2 unspecified atom stereocenters. The minimum Gasteiger partial charge on any atom is -0.444 e. The average Bonchev–Trinajstić information content (AvgIpc) is 2.36. The SMILES string of the molecule is CCN(CCCNC1CCOC(C)C1)C(=O)OC(C)(C)C. The first-order valence-corrected chi connectivity index (χ1v) is 8.14. The zero-order valence-electron chi connectivity index (χ0n) is 14.3. The predicted molar refractivity (Wildman–Crippen MR) is 84.5 cm³/mol. The molecule has 0 aliphatic carbocycles. The van der Waals surface area contributed by atoms with E-state index in [9.17, 15) is 4.79 Å². The van der Waals surface area contributed by atoms with Crippen LogP contribution in [-0.4, -0.2) is 55.0 Å². The van der Waals surface area contributed by atoms with Crippen LogP contribution in [0.2, 0.25) is 0 Å². The Balaban J connectivity index is 2.21. The van der Waals surface area contributed by atoms with Crippen LogP contribution in [0.15, 0.2) is 0 Å². The summed E-state index contributed by atoms with van der Waals surface area (Å²) in [5, 5.41) is 3.56. The van der Waals surface area contributed by atoms with Crippen molar-refractivity contribution in [2.24, 2.45) is 0 Å². The number of carbonyl (C=O) groups is 1. The first kappa shape index (κ1) is 18.2. The van der Waals surface area contributed by atoms with E-state index in [-0.39, 0.29) is 6.09 Å². The molecular formula is C16H32N2O3. The molecule has 0 aromatic rings. The van der Waals surface area contributed by atoms with Crippen LogP contribution in [-0.2, 0) is 9.47 Å². The van der Waals surface area contributed by atoms with E-state index in [2.05, 4.69) is 12.2 Å².